The molecule has 2 heterocycles. The van der Waals surface area contributed by atoms with Gasteiger partial charge in [0, 0.05) is 19.3 Å². The molecule has 0 fully saturated rings. The van der Waals surface area contributed by atoms with E-state index >= 15 is 0 Å². The Morgan fingerprint density at radius 2 is 2.00 bits per heavy atom. The number of aryl methyl sites for hydroxylation is 3. The molecule has 0 radical (unpaired) electrons. The Labute approximate surface area is 225 Å². The van der Waals surface area contributed by atoms with Crippen LogP contribution in [-0.2, 0) is 39.1 Å². The van der Waals surface area contributed by atoms with Crippen molar-refractivity contribution in [3.8, 4) is 5.75 Å². The lowest BCUT2D eigenvalue weighted by molar-refractivity contribution is -0.143. The molecule has 0 spiro atoms. The van der Waals surface area contributed by atoms with Crippen molar-refractivity contribution >= 4 is 16.0 Å². The van der Waals surface area contributed by atoms with Crippen LogP contribution in [0.4, 0.5) is 0 Å². The van der Waals surface area contributed by atoms with Gasteiger partial charge in [-0.25, -0.2) is 8.42 Å². The van der Waals surface area contributed by atoms with Crippen LogP contribution in [0.15, 0.2) is 59.8 Å². The molecule has 0 amide bonds. The largest absolute Gasteiger partial charge is 0.488 e. The van der Waals surface area contributed by atoms with Gasteiger partial charge in [0.05, 0.1) is 25.8 Å². The average molecular weight is 540 g/mol. The van der Waals surface area contributed by atoms with Crippen molar-refractivity contribution in [3.63, 3.8) is 0 Å². The molecule has 38 heavy (non-hydrogen) atoms. The first-order valence-electron chi connectivity index (χ1n) is 13.2. The maximum Gasteiger partial charge on any atom is 0.306 e. The second kappa shape index (κ2) is 12.1. The molecule has 8 nitrogen and oxygen atoms in total. The van der Waals surface area contributed by atoms with Gasteiger partial charge >= 0.3 is 5.97 Å². The summed E-state index contributed by atoms with van der Waals surface area (Å²) in [5, 5.41) is 4.36. The zero-order valence-corrected chi connectivity index (χ0v) is 23.4. The standard InChI is InChI=1S/C29H37N3O5S/c1-5-31-19-23(17-30-31)12-14-25(16-29(33)36-6-2)24-13-11-21(3)26(15-24)20-32-18-22(4)37-27-9-7-8-10-28(27)38(32,34)35/h7-11,13,15,17,19,22,25H,5-6,12,14,16,18,20H2,1-4H3. The number of ether oxygens (including phenoxy) is 2. The van der Waals surface area contributed by atoms with Crippen molar-refractivity contribution < 1.29 is 22.7 Å². The molecule has 1 aromatic heterocycles. The average Bonchev–Trinajstić information content (AvgIpc) is 3.32. The highest BCUT2D eigenvalue weighted by Gasteiger charge is 2.33. The molecule has 2 aromatic carbocycles. The summed E-state index contributed by atoms with van der Waals surface area (Å²) in [6, 6.07) is 12.9. The van der Waals surface area contributed by atoms with E-state index < -0.39 is 10.0 Å². The van der Waals surface area contributed by atoms with Crippen LogP contribution in [0.1, 0.15) is 61.8 Å². The van der Waals surface area contributed by atoms with E-state index in [-0.39, 0.29) is 42.4 Å². The molecule has 0 N–H and O–H groups in total. The summed E-state index contributed by atoms with van der Waals surface area (Å²) in [6.07, 6.45) is 5.40. The summed E-state index contributed by atoms with van der Waals surface area (Å²) in [7, 11) is -3.75. The van der Waals surface area contributed by atoms with Crippen molar-refractivity contribution in [3.05, 3.63) is 77.1 Å². The fourth-order valence-electron chi connectivity index (χ4n) is 4.85. The Balaban J connectivity index is 1.61. The number of carbonyl (C=O) groups excluding carboxylic acids is 1. The lowest BCUT2D eigenvalue weighted by atomic mass is 9.88. The summed E-state index contributed by atoms with van der Waals surface area (Å²) >= 11 is 0. The maximum atomic E-state index is 13.6. The Morgan fingerprint density at radius 3 is 2.74 bits per heavy atom. The topological polar surface area (TPSA) is 90.7 Å². The minimum atomic E-state index is -3.75. The molecular formula is C29H37N3O5S. The number of para-hydroxylation sites is 1. The van der Waals surface area contributed by atoms with Gasteiger partial charge in [-0.05, 0) is 80.8 Å². The van der Waals surface area contributed by atoms with Gasteiger partial charge in [-0.1, -0.05) is 30.3 Å². The summed E-state index contributed by atoms with van der Waals surface area (Å²) < 4.78 is 41.8. The molecular weight excluding hydrogens is 502 g/mol. The first-order chi connectivity index (χ1) is 18.2. The van der Waals surface area contributed by atoms with Gasteiger partial charge in [-0.15, -0.1) is 0 Å². The highest BCUT2D eigenvalue weighted by Crippen LogP contribution is 2.33. The van der Waals surface area contributed by atoms with E-state index in [2.05, 4.69) is 5.10 Å². The highest BCUT2D eigenvalue weighted by atomic mass is 32.2. The van der Waals surface area contributed by atoms with Crippen LogP contribution < -0.4 is 4.74 Å². The van der Waals surface area contributed by atoms with Crippen LogP contribution in [0.2, 0.25) is 0 Å². The summed E-state index contributed by atoms with van der Waals surface area (Å²) in [4.78, 5) is 12.7. The monoisotopic (exact) mass is 539 g/mol. The van der Waals surface area contributed by atoms with Crippen molar-refractivity contribution in [1.82, 2.24) is 14.1 Å². The van der Waals surface area contributed by atoms with Crippen molar-refractivity contribution in [2.24, 2.45) is 0 Å². The molecule has 1 aliphatic heterocycles. The van der Waals surface area contributed by atoms with Crippen LogP contribution in [0.25, 0.3) is 0 Å². The highest BCUT2D eigenvalue weighted by molar-refractivity contribution is 7.89. The third-order valence-corrected chi connectivity index (χ3v) is 8.81. The van der Waals surface area contributed by atoms with Gasteiger partial charge in [0.2, 0.25) is 10.0 Å². The van der Waals surface area contributed by atoms with E-state index in [1.165, 1.54) is 4.31 Å². The van der Waals surface area contributed by atoms with Crippen LogP contribution in [0, 0.1) is 6.92 Å². The van der Waals surface area contributed by atoms with Crippen LogP contribution >= 0.6 is 0 Å². The SMILES string of the molecule is CCOC(=O)CC(CCc1cnn(CC)c1)c1ccc(C)c(CN2CC(C)Oc3ccccc3S2(=O)=O)c1. The van der Waals surface area contributed by atoms with E-state index in [1.54, 1.807) is 31.2 Å². The van der Waals surface area contributed by atoms with Crippen molar-refractivity contribution in [1.29, 1.82) is 0 Å². The second-order valence-corrected chi connectivity index (χ2v) is 11.7. The van der Waals surface area contributed by atoms with Gasteiger partial charge in [0.15, 0.2) is 0 Å². The zero-order chi connectivity index (χ0) is 27.3. The minimum Gasteiger partial charge on any atom is -0.488 e. The summed E-state index contributed by atoms with van der Waals surface area (Å²) in [6.45, 7) is 9.32. The molecule has 3 aromatic rings. The van der Waals surface area contributed by atoms with Gasteiger partial charge < -0.3 is 9.47 Å². The molecule has 0 bridgehead atoms. The lowest BCUT2D eigenvalue weighted by Crippen LogP contribution is -2.35. The number of sulfonamides is 1. The minimum absolute atomic E-state index is 0.0675. The van der Waals surface area contributed by atoms with Gasteiger partial charge in [-0.2, -0.15) is 9.40 Å². The predicted molar refractivity (Wildman–Crippen MR) is 146 cm³/mol. The number of aromatic nitrogens is 2. The number of fused-ring (bicyclic) bond motifs is 1. The number of esters is 1. The molecule has 2 atom stereocenters. The van der Waals surface area contributed by atoms with E-state index in [1.807, 2.05) is 56.0 Å². The molecule has 0 saturated carbocycles. The Morgan fingerprint density at radius 1 is 1.21 bits per heavy atom. The van der Waals surface area contributed by atoms with E-state index in [9.17, 15) is 13.2 Å². The van der Waals surface area contributed by atoms with E-state index in [4.69, 9.17) is 9.47 Å². The van der Waals surface area contributed by atoms with Gasteiger partial charge in [-0.3, -0.25) is 9.48 Å². The summed E-state index contributed by atoms with van der Waals surface area (Å²) in [5.74, 6) is 0.0810. The fraction of sp³-hybridized carbons (Fsp3) is 0.448. The van der Waals surface area contributed by atoms with Crippen LogP contribution in [0.3, 0.4) is 0 Å². The number of nitrogens with zero attached hydrogens (tertiary/aromatic N) is 3. The molecule has 1 aliphatic rings. The van der Waals surface area contributed by atoms with E-state index in [0.29, 0.717) is 12.4 Å². The number of rotatable bonds is 10. The lowest BCUT2D eigenvalue weighted by Gasteiger charge is -2.24. The molecule has 204 valence electrons. The third kappa shape index (κ3) is 6.45. The third-order valence-electron chi connectivity index (χ3n) is 6.96. The quantitative estimate of drug-likeness (QED) is 0.342. The van der Waals surface area contributed by atoms with E-state index in [0.717, 1.165) is 41.6 Å². The Kier molecular flexibility index (Phi) is 8.89. The number of hydrogen-bond donors (Lipinski definition) is 0. The Hall–Kier alpha value is -3.17. The first-order valence-corrected chi connectivity index (χ1v) is 14.7. The van der Waals surface area contributed by atoms with Crippen LogP contribution in [0.5, 0.6) is 5.75 Å². The van der Waals surface area contributed by atoms with Gasteiger partial charge in [0.25, 0.3) is 0 Å². The van der Waals surface area contributed by atoms with Crippen molar-refractivity contribution in [2.75, 3.05) is 13.2 Å². The first kappa shape index (κ1) is 27.9. The Bertz CT molecular complexity index is 1370. The molecule has 0 aliphatic carbocycles. The van der Waals surface area contributed by atoms with Crippen molar-refractivity contribution in [2.45, 2.75) is 77.0 Å². The fourth-order valence-corrected chi connectivity index (χ4v) is 6.47. The number of hydrogen-bond acceptors (Lipinski definition) is 6. The van der Waals surface area contributed by atoms with Crippen LogP contribution in [-0.4, -0.2) is 47.7 Å². The number of carbonyl (C=O) groups is 1. The normalized spacial score (nSPS) is 17.7. The maximum absolute atomic E-state index is 13.6. The smallest absolute Gasteiger partial charge is 0.306 e. The summed E-state index contributed by atoms with van der Waals surface area (Å²) in [5.41, 5.74) is 4.02. The second-order valence-electron chi connectivity index (χ2n) is 9.81. The molecule has 2 unspecified atom stereocenters. The molecule has 0 saturated heterocycles. The molecule has 4 rings (SSSR count). The molecule has 9 heteroatoms. The zero-order valence-electron chi connectivity index (χ0n) is 22.6. The van der Waals surface area contributed by atoms with Gasteiger partial charge in [0.1, 0.15) is 16.7 Å². The predicted octanol–water partition coefficient (Wildman–Crippen LogP) is 4.85. The number of benzene rings is 2.